The van der Waals surface area contributed by atoms with Crippen LogP contribution in [0, 0.1) is 13.8 Å². The predicted octanol–water partition coefficient (Wildman–Crippen LogP) is 1.44. The van der Waals surface area contributed by atoms with Gasteiger partial charge in [-0.05, 0) is 26.0 Å². The summed E-state index contributed by atoms with van der Waals surface area (Å²) in [5.41, 5.74) is 2.21. The highest BCUT2D eigenvalue weighted by atomic mass is 15.1. The van der Waals surface area contributed by atoms with E-state index in [2.05, 4.69) is 20.4 Å². The van der Waals surface area contributed by atoms with E-state index in [1.807, 2.05) is 26.0 Å². The molecule has 4 heteroatoms. The van der Waals surface area contributed by atoms with E-state index in [1.54, 1.807) is 12.4 Å². The van der Waals surface area contributed by atoms with Crippen molar-refractivity contribution in [1.82, 2.24) is 20.4 Å². The number of H-pyrrole nitrogens is 2. The molecule has 0 spiro atoms. The Kier molecular flexibility index (Phi) is 3.07. The Balaban J connectivity index is 0.000000120. The van der Waals surface area contributed by atoms with Crippen molar-refractivity contribution in [3.63, 3.8) is 0 Å². The van der Waals surface area contributed by atoms with Crippen molar-refractivity contribution in [1.29, 1.82) is 0 Å². The summed E-state index contributed by atoms with van der Waals surface area (Å²) in [6.07, 6.45) is 3.46. The Hall–Kier alpha value is -1.58. The van der Waals surface area contributed by atoms with E-state index in [0.717, 1.165) is 11.4 Å². The van der Waals surface area contributed by atoms with Crippen LogP contribution in [0.15, 0.2) is 24.5 Å². The molecule has 12 heavy (non-hydrogen) atoms. The van der Waals surface area contributed by atoms with Crippen molar-refractivity contribution in [3.05, 3.63) is 35.9 Å². The average molecular weight is 164 g/mol. The third-order valence-corrected chi connectivity index (χ3v) is 1.28. The van der Waals surface area contributed by atoms with Gasteiger partial charge < -0.3 is 0 Å². The molecule has 0 aliphatic rings. The van der Waals surface area contributed by atoms with E-state index < -0.39 is 0 Å². The lowest BCUT2D eigenvalue weighted by atomic mass is 10.5. The normalized spacial score (nSPS) is 8.83. The Morgan fingerprint density at radius 2 is 1.33 bits per heavy atom. The van der Waals surface area contributed by atoms with E-state index in [4.69, 9.17) is 0 Å². The van der Waals surface area contributed by atoms with Crippen LogP contribution in [0.2, 0.25) is 0 Å². The zero-order valence-electron chi connectivity index (χ0n) is 7.20. The molecule has 2 aromatic heterocycles. The van der Waals surface area contributed by atoms with E-state index in [0.29, 0.717) is 0 Å². The molecular formula is C8H12N4. The number of nitrogens with zero attached hydrogens (tertiary/aromatic N) is 2. The van der Waals surface area contributed by atoms with Gasteiger partial charge in [0.2, 0.25) is 0 Å². The van der Waals surface area contributed by atoms with Crippen LogP contribution < -0.4 is 0 Å². The fourth-order valence-corrected chi connectivity index (χ4v) is 0.651. The minimum absolute atomic E-state index is 1.11. The van der Waals surface area contributed by atoms with Crippen LogP contribution in [0.5, 0.6) is 0 Å². The number of hydrogen-bond acceptors (Lipinski definition) is 2. The Labute approximate surface area is 71.0 Å². The Morgan fingerprint density at radius 3 is 1.42 bits per heavy atom. The van der Waals surface area contributed by atoms with Crippen LogP contribution in [0.25, 0.3) is 0 Å². The van der Waals surface area contributed by atoms with Crippen molar-refractivity contribution in [3.8, 4) is 0 Å². The minimum Gasteiger partial charge on any atom is -0.283 e. The van der Waals surface area contributed by atoms with Gasteiger partial charge in [0.1, 0.15) is 0 Å². The van der Waals surface area contributed by atoms with Crippen molar-refractivity contribution in [2.45, 2.75) is 13.8 Å². The molecule has 0 aliphatic carbocycles. The molecule has 64 valence electrons. The summed E-state index contributed by atoms with van der Waals surface area (Å²) in [7, 11) is 0. The summed E-state index contributed by atoms with van der Waals surface area (Å²) in [5.74, 6) is 0. The lowest BCUT2D eigenvalue weighted by Crippen LogP contribution is -1.65. The maximum atomic E-state index is 3.70. The summed E-state index contributed by atoms with van der Waals surface area (Å²) in [4.78, 5) is 0. The van der Waals surface area contributed by atoms with Gasteiger partial charge in [-0.25, -0.2) is 0 Å². The maximum Gasteiger partial charge on any atom is 0.0489 e. The van der Waals surface area contributed by atoms with E-state index in [-0.39, 0.29) is 0 Å². The quantitative estimate of drug-likeness (QED) is 0.619. The van der Waals surface area contributed by atoms with Crippen molar-refractivity contribution in [2.75, 3.05) is 0 Å². The second kappa shape index (κ2) is 4.33. The van der Waals surface area contributed by atoms with Gasteiger partial charge in [-0.3, -0.25) is 10.2 Å². The highest BCUT2D eigenvalue weighted by Gasteiger charge is 1.74. The summed E-state index contributed by atoms with van der Waals surface area (Å²) < 4.78 is 0. The lowest BCUT2D eigenvalue weighted by Gasteiger charge is -1.68. The first kappa shape index (κ1) is 8.52. The number of hydrogen-bond donors (Lipinski definition) is 2. The van der Waals surface area contributed by atoms with Crippen LogP contribution >= 0.6 is 0 Å². The predicted molar refractivity (Wildman–Crippen MR) is 46.6 cm³/mol. The van der Waals surface area contributed by atoms with Crippen LogP contribution in [-0.2, 0) is 0 Å². The summed E-state index contributed by atoms with van der Waals surface area (Å²) in [6, 6.07) is 3.83. The van der Waals surface area contributed by atoms with Gasteiger partial charge in [-0.2, -0.15) is 10.2 Å². The first-order valence-electron chi connectivity index (χ1n) is 3.71. The molecule has 0 aromatic carbocycles. The van der Waals surface area contributed by atoms with Gasteiger partial charge in [0, 0.05) is 23.8 Å². The minimum atomic E-state index is 1.11. The van der Waals surface area contributed by atoms with Gasteiger partial charge >= 0.3 is 0 Å². The molecule has 0 aliphatic heterocycles. The van der Waals surface area contributed by atoms with Crippen LogP contribution in [0.1, 0.15) is 11.4 Å². The molecule has 0 radical (unpaired) electrons. The monoisotopic (exact) mass is 164 g/mol. The molecule has 0 unspecified atom stereocenters. The van der Waals surface area contributed by atoms with E-state index in [9.17, 15) is 0 Å². The van der Waals surface area contributed by atoms with Crippen LogP contribution in [0.3, 0.4) is 0 Å². The zero-order chi connectivity index (χ0) is 8.81. The molecule has 2 heterocycles. The smallest absolute Gasteiger partial charge is 0.0489 e. The standard InChI is InChI=1S/2C4H6N2/c2*1-4-2-3-5-6-4/h2*2-3H,1H3,(H,5,6). The van der Waals surface area contributed by atoms with Gasteiger partial charge in [0.25, 0.3) is 0 Å². The highest BCUT2D eigenvalue weighted by molar-refractivity contribution is 4.92. The van der Waals surface area contributed by atoms with Gasteiger partial charge in [0.05, 0.1) is 0 Å². The topological polar surface area (TPSA) is 57.4 Å². The number of aromatic amines is 2. The molecule has 0 saturated heterocycles. The molecule has 2 rings (SSSR count). The largest absolute Gasteiger partial charge is 0.283 e. The molecule has 0 saturated carbocycles. The number of aryl methyl sites for hydroxylation is 2. The molecule has 0 atom stereocenters. The highest BCUT2D eigenvalue weighted by Crippen LogP contribution is 1.82. The molecule has 0 amide bonds. The number of rotatable bonds is 0. The fraction of sp³-hybridized carbons (Fsp3) is 0.250. The molecule has 4 nitrogen and oxygen atoms in total. The maximum absolute atomic E-state index is 3.70. The number of aromatic nitrogens is 4. The van der Waals surface area contributed by atoms with Crippen LogP contribution in [-0.4, -0.2) is 20.4 Å². The second-order valence-corrected chi connectivity index (χ2v) is 2.48. The molecule has 2 aromatic rings. The zero-order valence-corrected chi connectivity index (χ0v) is 7.20. The molecular weight excluding hydrogens is 152 g/mol. The lowest BCUT2D eigenvalue weighted by molar-refractivity contribution is 1.05. The Morgan fingerprint density at radius 1 is 0.917 bits per heavy atom. The van der Waals surface area contributed by atoms with E-state index >= 15 is 0 Å². The van der Waals surface area contributed by atoms with E-state index in [1.165, 1.54) is 0 Å². The van der Waals surface area contributed by atoms with Gasteiger partial charge in [-0.1, -0.05) is 0 Å². The Bertz CT molecular complexity index is 250. The SMILES string of the molecule is Cc1ccn[nH]1.Cc1ccn[nH]1. The number of nitrogens with one attached hydrogen (secondary N) is 2. The average Bonchev–Trinajstić information content (AvgIpc) is 2.63. The summed E-state index contributed by atoms with van der Waals surface area (Å²) >= 11 is 0. The second-order valence-electron chi connectivity index (χ2n) is 2.48. The first-order valence-corrected chi connectivity index (χ1v) is 3.71. The van der Waals surface area contributed by atoms with Crippen molar-refractivity contribution < 1.29 is 0 Å². The van der Waals surface area contributed by atoms with Crippen molar-refractivity contribution >= 4 is 0 Å². The molecule has 0 bridgehead atoms. The van der Waals surface area contributed by atoms with Crippen LogP contribution in [0.4, 0.5) is 0 Å². The third kappa shape index (κ3) is 3.01. The van der Waals surface area contributed by atoms with Gasteiger partial charge in [0.15, 0.2) is 0 Å². The fourth-order valence-electron chi connectivity index (χ4n) is 0.651. The molecule has 2 N–H and O–H groups in total. The summed E-state index contributed by atoms with van der Waals surface area (Å²) in [6.45, 7) is 3.93. The third-order valence-electron chi connectivity index (χ3n) is 1.28. The molecule has 0 fully saturated rings. The van der Waals surface area contributed by atoms with Gasteiger partial charge in [-0.15, -0.1) is 0 Å². The van der Waals surface area contributed by atoms with Crippen molar-refractivity contribution in [2.24, 2.45) is 0 Å². The summed E-state index contributed by atoms with van der Waals surface area (Å²) in [5, 5.41) is 12.9. The first-order chi connectivity index (χ1) is 5.79.